The summed E-state index contributed by atoms with van der Waals surface area (Å²) in [6, 6.07) is 53.5. The molecule has 0 radical (unpaired) electrons. The number of benzene rings is 8. The molecule has 0 N–H and O–H groups in total. The first-order chi connectivity index (χ1) is 20.9. The van der Waals surface area contributed by atoms with Gasteiger partial charge in [-0.15, -0.1) is 0 Å². The Kier molecular flexibility index (Phi) is 4.21. The zero-order valence-electron chi connectivity index (χ0n) is 22.8. The van der Waals surface area contributed by atoms with Crippen LogP contribution in [0.15, 0.2) is 146 Å². The van der Waals surface area contributed by atoms with Crippen molar-refractivity contribution in [3.05, 3.63) is 146 Å². The van der Waals surface area contributed by atoms with Gasteiger partial charge in [0.05, 0.1) is 33.4 Å². The lowest BCUT2D eigenvalue weighted by Crippen LogP contribution is -1.98. The lowest BCUT2D eigenvalue weighted by Gasteiger charge is -2.18. The van der Waals surface area contributed by atoms with Crippen LogP contribution in [0.3, 0.4) is 0 Å². The van der Waals surface area contributed by atoms with Gasteiger partial charge in [0.2, 0.25) is 0 Å². The maximum absolute atomic E-state index is 2.45. The minimum absolute atomic E-state index is 1.22. The molecular formula is C40H24N2. The lowest BCUT2D eigenvalue weighted by atomic mass is 9.92. The molecule has 0 atom stereocenters. The molecule has 0 bridgehead atoms. The molecule has 8 aromatic carbocycles. The second kappa shape index (κ2) is 7.99. The van der Waals surface area contributed by atoms with E-state index >= 15 is 0 Å². The first-order valence-corrected chi connectivity index (χ1v) is 14.5. The minimum Gasteiger partial charge on any atom is -0.309 e. The van der Waals surface area contributed by atoms with E-state index in [-0.39, 0.29) is 0 Å². The van der Waals surface area contributed by atoms with Crippen LogP contribution in [0.4, 0.5) is 0 Å². The molecule has 2 heterocycles. The van der Waals surface area contributed by atoms with Gasteiger partial charge in [-0.05, 0) is 57.9 Å². The number of hydrogen-bond donors (Lipinski definition) is 0. The van der Waals surface area contributed by atoms with E-state index in [9.17, 15) is 0 Å². The number of nitrogens with zero attached hydrogens (tertiary/aromatic N) is 2. The topological polar surface area (TPSA) is 9.86 Å². The average molecular weight is 533 g/mol. The Hall–Kier alpha value is -5.60. The molecule has 2 heteroatoms. The van der Waals surface area contributed by atoms with E-state index < -0.39 is 0 Å². The third kappa shape index (κ3) is 2.74. The fraction of sp³-hybridized carbons (Fsp3) is 0. The fourth-order valence-corrected chi connectivity index (χ4v) is 7.52. The van der Waals surface area contributed by atoms with E-state index in [1.807, 2.05) is 0 Å². The zero-order valence-corrected chi connectivity index (χ0v) is 22.8. The highest BCUT2D eigenvalue weighted by Gasteiger charge is 2.19. The molecule has 2 nitrogen and oxygen atoms in total. The van der Waals surface area contributed by atoms with Gasteiger partial charge in [-0.3, -0.25) is 0 Å². The predicted molar refractivity (Wildman–Crippen MR) is 179 cm³/mol. The predicted octanol–water partition coefficient (Wildman–Crippen LogP) is 10.8. The molecule has 10 rings (SSSR count). The molecular weight excluding hydrogens is 508 g/mol. The second-order valence-electron chi connectivity index (χ2n) is 11.3. The van der Waals surface area contributed by atoms with Gasteiger partial charge in [0.15, 0.2) is 0 Å². The minimum atomic E-state index is 1.22. The quantitative estimate of drug-likeness (QED) is 0.196. The summed E-state index contributed by atoms with van der Waals surface area (Å²) in [6.07, 6.45) is 0. The maximum atomic E-state index is 2.45. The van der Waals surface area contributed by atoms with Crippen LogP contribution in [-0.4, -0.2) is 9.13 Å². The molecule has 0 unspecified atom stereocenters. The standard InChI is InChI=1S/C40H24N2/c1-5-13-33-27(9-1)28-10-2-6-14-34(28)41(33)37-23-19-25-18-22-32-38(24-20-26-17-21-31(37)39(25)40(26)32)42-35-15-7-3-11-29(35)30-12-4-8-16-36(30)42/h1-24H. The van der Waals surface area contributed by atoms with Crippen LogP contribution in [0.5, 0.6) is 0 Å². The Morgan fingerprint density at radius 2 is 0.571 bits per heavy atom. The van der Waals surface area contributed by atoms with E-state index in [1.54, 1.807) is 0 Å². The van der Waals surface area contributed by atoms with Crippen molar-refractivity contribution in [2.45, 2.75) is 0 Å². The third-order valence-corrected chi connectivity index (χ3v) is 9.26. The molecule has 0 saturated heterocycles. The zero-order chi connectivity index (χ0) is 27.4. The summed E-state index contributed by atoms with van der Waals surface area (Å²) >= 11 is 0. The maximum Gasteiger partial charge on any atom is 0.0541 e. The highest BCUT2D eigenvalue weighted by Crippen LogP contribution is 2.43. The van der Waals surface area contributed by atoms with Crippen molar-refractivity contribution in [2.75, 3.05) is 0 Å². The van der Waals surface area contributed by atoms with E-state index in [1.165, 1.54) is 87.3 Å². The summed E-state index contributed by atoms with van der Waals surface area (Å²) < 4.78 is 4.90. The first kappa shape index (κ1) is 22.1. The Labute approximate surface area is 241 Å². The van der Waals surface area contributed by atoms with E-state index in [2.05, 4.69) is 155 Å². The summed E-state index contributed by atoms with van der Waals surface area (Å²) in [4.78, 5) is 0. The van der Waals surface area contributed by atoms with Gasteiger partial charge >= 0.3 is 0 Å². The largest absolute Gasteiger partial charge is 0.309 e. The highest BCUT2D eigenvalue weighted by atomic mass is 15.0. The van der Waals surface area contributed by atoms with Crippen LogP contribution >= 0.6 is 0 Å². The fourth-order valence-electron chi connectivity index (χ4n) is 7.52. The Bertz CT molecular complexity index is 2390. The van der Waals surface area contributed by atoms with Crippen LogP contribution in [0.25, 0.3) is 87.3 Å². The van der Waals surface area contributed by atoms with E-state index in [0.29, 0.717) is 0 Å². The Balaban J connectivity index is 1.35. The first-order valence-electron chi connectivity index (χ1n) is 14.5. The smallest absolute Gasteiger partial charge is 0.0541 e. The van der Waals surface area contributed by atoms with E-state index in [4.69, 9.17) is 0 Å². The van der Waals surface area contributed by atoms with Crippen LogP contribution in [0.1, 0.15) is 0 Å². The SMILES string of the molecule is c1ccc2c(c1)c1ccccc1n2-c1ccc2ccc3c(-n4c5ccccc5c5ccccc54)ccc4ccc1c2c43. The van der Waals surface area contributed by atoms with E-state index in [0.717, 1.165) is 0 Å². The average Bonchev–Trinajstić information content (AvgIpc) is 3.57. The molecule has 0 aliphatic carbocycles. The number of fused-ring (bicyclic) bond motifs is 6. The number of para-hydroxylation sites is 4. The summed E-state index contributed by atoms with van der Waals surface area (Å²) in [5.74, 6) is 0. The molecule has 0 spiro atoms. The normalized spacial score (nSPS) is 12.3. The summed E-state index contributed by atoms with van der Waals surface area (Å²) in [7, 11) is 0. The van der Waals surface area contributed by atoms with Gasteiger partial charge in [0.1, 0.15) is 0 Å². The summed E-state index contributed by atoms with van der Waals surface area (Å²) in [6.45, 7) is 0. The Morgan fingerprint density at radius 3 is 0.929 bits per heavy atom. The van der Waals surface area contributed by atoms with Gasteiger partial charge in [-0.1, -0.05) is 109 Å². The number of aromatic nitrogens is 2. The van der Waals surface area contributed by atoms with Crippen LogP contribution in [-0.2, 0) is 0 Å². The van der Waals surface area contributed by atoms with Gasteiger partial charge in [-0.25, -0.2) is 0 Å². The van der Waals surface area contributed by atoms with Crippen molar-refractivity contribution in [2.24, 2.45) is 0 Å². The number of rotatable bonds is 2. The van der Waals surface area contributed by atoms with Crippen molar-refractivity contribution < 1.29 is 0 Å². The molecule has 0 saturated carbocycles. The van der Waals surface area contributed by atoms with Crippen molar-refractivity contribution in [3.63, 3.8) is 0 Å². The third-order valence-electron chi connectivity index (χ3n) is 9.26. The van der Waals surface area contributed by atoms with Gasteiger partial charge < -0.3 is 9.13 Å². The van der Waals surface area contributed by atoms with Gasteiger partial charge in [-0.2, -0.15) is 0 Å². The summed E-state index contributed by atoms with van der Waals surface area (Å²) in [5, 5.41) is 12.9. The molecule has 0 fully saturated rings. The monoisotopic (exact) mass is 532 g/mol. The van der Waals surface area contributed by atoms with Gasteiger partial charge in [0, 0.05) is 32.3 Å². The number of hydrogen-bond acceptors (Lipinski definition) is 0. The van der Waals surface area contributed by atoms with Gasteiger partial charge in [0.25, 0.3) is 0 Å². The lowest BCUT2D eigenvalue weighted by molar-refractivity contribution is 1.20. The highest BCUT2D eigenvalue weighted by molar-refractivity contribution is 6.27. The van der Waals surface area contributed by atoms with Crippen LogP contribution < -0.4 is 0 Å². The van der Waals surface area contributed by atoms with Crippen molar-refractivity contribution >= 4 is 75.9 Å². The van der Waals surface area contributed by atoms with Crippen LogP contribution in [0, 0.1) is 0 Å². The van der Waals surface area contributed by atoms with Crippen LogP contribution in [0.2, 0.25) is 0 Å². The molecule has 10 aromatic rings. The van der Waals surface area contributed by atoms with Crippen molar-refractivity contribution in [1.82, 2.24) is 9.13 Å². The molecule has 2 aromatic heterocycles. The molecule has 42 heavy (non-hydrogen) atoms. The molecule has 0 amide bonds. The Morgan fingerprint density at radius 1 is 0.262 bits per heavy atom. The summed E-state index contributed by atoms with van der Waals surface area (Å²) in [5.41, 5.74) is 7.38. The molecule has 0 aliphatic rings. The van der Waals surface area contributed by atoms with Crippen molar-refractivity contribution in [1.29, 1.82) is 0 Å². The second-order valence-corrected chi connectivity index (χ2v) is 11.3. The molecule has 194 valence electrons. The molecule has 0 aliphatic heterocycles. The van der Waals surface area contributed by atoms with Crippen molar-refractivity contribution in [3.8, 4) is 11.4 Å².